The third-order valence-electron chi connectivity index (χ3n) is 4.65. The third-order valence-corrected chi connectivity index (χ3v) is 5.82. The lowest BCUT2D eigenvalue weighted by molar-refractivity contribution is -0.642. The first kappa shape index (κ1) is 15.3. The molecule has 0 spiro atoms. The Labute approximate surface area is 146 Å². The summed E-state index contributed by atoms with van der Waals surface area (Å²) in [4.78, 5) is 0. The van der Waals surface area contributed by atoms with Gasteiger partial charge in [0.25, 0.3) is 5.01 Å². The Balaban J connectivity index is 1.82. The Morgan fingerprint density at radius 1 is 1.12 bits per heavy atom. The van der Waals surface area contributed by atoms with E-state index < -0.39 is 0 Å². The molecule has 0 amide bonds. The lowest BCUT2D eigenvalue weighted by Crippen LogP contribution is -2.29. The number of benzene rings is 2. The third kappa shape index (κ3) is 2.60. The van der Waals surface area contributed by atoms with Crippen LogP contribution in [0.3, 0.4) is 0 Å². The molecule has 2 nitrogen and oxygen atoms in total. The van der Waals surface area contributed by atoms with Gasteiger partial charge in [-0.1, -0.05) is 59.9 Å². The second-order valence-corrected chi connectivity index (χ2v) is 7.24. The van der Waals surface area contributed by atoms with Crippen LogP contribution in [0.15, 0.2) is 60.7 Å². The number of likely N-dealkylation sites (N-methyl/N-ethyl adjacent to an activating group) is 1. The average Bonchev–Trinajstić information content (AvgIpc) is 2.93. The maximum atomic E-state index is 3.30. The highest BCUT2D eigenvalue weighted by molar-refractivity contribution is 7.18. The molecule has 1 unspecified atom stereocenters. The lowest BCUT2D eigenvalue weighted by atomic mass is 9.85. The first-order valence-corrected chi connectivity index (χ1v) is 9.11. The highest BCUT2D eigenvalue weighted by atomic mass is 32.1. The molecule has 2 aromatic carbocycles. The monoisotopic (exact) mass is 333 g/mol. The van der Waals surface area contributed by atoms with Crippen molar-refractivity contribution >= 4 is 33.2 Å². The molecule has 1 heterocycles. The molecule has 3 heteroatoms. The van der Waals surface area contributed by atoms with Gasteiger partial charge in [-0.2, -0.15) is 4.57 Å². The van der Waals surface area contributed by atoms with Crippen molar-refractivity contribution in [3.63, 3.8) is 0 Å². The summed E-state index contributed by atoms with van der Waals surface area (Å²) in [5.74, 6) is 0.444. The molecule has 0 fully saturated rings. The normalized spacial score (nSPS) is 18.2. The number of para-hydroxylation sites is 1. The van der Waals surface area contributed by atoms with E-state index in [1.165, 1.54) is 31.9 Å². The molecule has 0 radical (unpaired) electrons. The van der Waals surface area contributed by atoms with Gasteiger partial charge in [0.15, 0.2) is 0 Å². The second-order valence-electron chi connectivity index (χ2n) is 6.18. The SMILES string of the molecule is CNCC1C=C/C(=C\c2sc3ccccc3[n+]2C)c2ccccc21. The maximum absolute atomic E-state index is 3.30. The fraction of sp³-hybridized carbons (Fsp3) is 0.190. The minimum absolute atomic E-state index is 0.444. The van der Waals surface area contributed by atoms with Crippen LogP contribution in [-0.4, -0.2) is 13.6 Å². The number of nitrogens with zero attached hydrogens (tertiary/aromatic N) is 1. The van der Waals surface area contributed by atoms with Gasteiger partial charge in [-0.3, -0.25) is 0 Å². The largest absolute Gasteiger partial charge is 0.319 e. The maximum Gasteiger partial charge on any atom is 0.263 e. The van der Waals surface area contributed by atoms with Gasteiger partial charge in [-0.05, 0) is 29.8 Å². The minimum Gasteiger partial charge on any atom is -0.319 e. The fourth-order valence-corrected chi connectivity index (χ4v) is 4.50. The van der Waals surface area contributed by atoms with Crippen molar-refractivity contribution < 1.29 is 4.57 Å². The molecule has 1 aliphatic rings. The molecule has 0 bridgehead atoms. The number of hydrogen-bond acceptors (Lipinski definition) is 2. The van der Waals surface area contributed by atoms with E-state index >= 15 is 0 Å². The van der Waals surface area contributed by atoms with Crippen molar-refractivity contribution in [2.75, 3.05) is 13.6 Å². The predicted octanol–water partition coefficient (Wildman–Crippen LogP) is 4.14. The van der Waals surface area contributed by atoms with E-state index in [0.29, 0.717) is 5.92 Å². The zero-order chi connectivity index (χ0) is 16.5. The van der Waals surface area contributed by atoms with Crippen LogP contribution in [0, 0.1) is 0 Å². The highest BCUT2D eigenvalue weighted by Gasteiger charge is 2.20. The molecular weight excluding hydrogens is 312 g/mol. The lowest BCUT2D eigenvalue weighted by Gasteiger charge is -2.22. The molecule has 1 N–H and O–H groups in total. The topological polar surface area (TPSA) is 15.9 Å². The zero-order valence-corrected chi connectivity index (χ0v) is 14.8. The molecule has 1 aromatic heterocycles. The molecule has 120 valence electrons. The Hall–Kier alpha value is -2.23. The fourth-order valence-electron chi connectivity index (χ4n) is 3.40. The highest BCUT2D eigenvalue weighted by Crippen LogP contribution is 2.34. The molecule has 0 saturated heterocycles. The van der Waals surface area contributed by atoms with E-state index in [9.17, 15) is 0 Å². The minimum atomic E-state index is 0.444. The quantitative estimate of drug-likeness (QED) is 0.712. The van der Waals surface area contributed by atoms with Crippen LogP contribution in [0.1, 0.15) is 22.1 Å². The van der Waals surface area contributed by atoms with Gasteiger partial charge in [0.05, 0.1) is 0 Å². The van der Waals surface area contributed by atoms with E-state index in [1.54, 1.807) is 0 Å². The van der Waals surface area contributed by atoms with E-state index in [4.69, 9.17) is 0 Å². The number of thiazole rings is 1. The summed E-state index contributed by atoms with van der Waals surface area (Å²) in [6, 6.07) is 17.3. The molecule has 0 aliphatic heterocycles. The van der Waals surface area contributed by atoms with Crippen LogP contribution >= 0.6 is 11.3 Å². The summed E-state index contributed by atoms with van der Waals surface area (Å²) in [6.45, 7) is 0.970. The molecular formula is C21H21N2S+. The molecule has 1 atom stereocenters. The van der Waals surface area contributed by atoms with E-state index in [2.05, 4.69) is 83.7 Å². The molecule has 3 aromatic rings. The number of nitrogens with one attached hydrogen (secondary N) is 1. The Morgan fingerprint density at radius 2 is 1.92 bits per heavy atom. The van der Waals surface area contributed by atoms with Crippen molar-refractivity contribution in [1.29, 1.82) is 0 Å². The van der Waals surface area contributed by atoms with Crippen LogP contribution in [0.4, 0.5) is 0 Å². The van der Waals surface area contributed by atoms with Crippen LogP contribution in [0.5, 0.6) is 0 Å². The first-order chi connectivity index (χ1) is 11.8. The smallest absolute Gasteiger partial charge is 0.263 e. The number of aryl methyl sites for hydroxylation is 1. The summed E-state index contributed by atoms with van der Waals surface area (Å²) in [5.41, 5.74) is 5.33. The van der Waals surface area contributed by atoms with Crippen LogP contribution < -0.4 is 9.88 Å². The van der Waals surface area contributed by atoms with Crippen molar-refractivity contribution in [1.82, 2.24) is 5.32 Å². The van der Waals surface area contributed by atoms with Gasteiger partial charge in [0.1, 0.15) is 11.7 Å². The predicted molar refractivity (Wildman–Crippen MR) is 103 cm³/mol. The van der Waals surface area contributed by atoms with Crippen LogP contribution in [-0.2, 0) is 7.05 Å². The summed E-state index contributed by atoms with van der Waals surface area (Å²) in [7, 11) is 4.16. The van der Waals surface area contributed by atoms with E-state index in [-0.39, 0.29) is 0 Å². The van der Waals surface area contributed by atoms with Gasteiger partial charge in [-0.15, -0.1) is 0 Å². The standard InChI is InChI=1S/C21H21N2S/c1-22-14-16-12-11-15(17-7-3-4-8-18(16)17)13-21-23(2)19-9-5-6-10-20(19)24-21/h3-13,16,22H,14H2,1-2H3/q+1/b15-13+. The summed E-state index contributed by atoms with van der Waals surface area (Å²) >= 11 is 1.84. The van der Waals surface area contributed by atoms with Gasteiger partial charge >= 0.3 is 0 Å². The van der Waals surface area contributed by atoms with E-state index in [1.807, 2.05) is 18.4 Å². The van der Waals surface area contributed by atoms with Gasteiger partial charge < -0.3 is 5.32 Å². The van der Waals surface area contributed by atoms with Crippen molar-refractivity contribution in [3.05, 3.63) is 76.8 Å². The number of allylic oxidation sites excluding steroid dienone is 2. The van der Waals surface area contributed by atoms with Crippen molar-refractivity contribution in [3.8, 4) is 0 Å². The number of rotatable bonds is 3. The van der Waals surface area contributed by atoms with Gasteiger partial charge in [0, 0.05) is 24.6 Å². The van der Waals surface area contributed by atoms with Crippen LogP contribution in [0.2, 0.25) is 0 Å². The zero-order valence-electron chi connectivity index (χ0n) is 14.0. The molecule has 1 aliphatic carbocycles. The first-order valence-electron chi connectivity index (χ1n) is 8.29. The summed E-state index contributed by atoms with van der Waals surface area (Å²) < 4.78 is 3.61. The van der Waals surface area contributed by atoms with Crippen molar-refractivity contribution in [2.24, 2.45) is 7.05 Å². The molecule has 0 saturated carbocycles. The Kier molecular flexibility index (Phi) is 4.05. The van der Waals surface area contributed by atoms with Gasteiger partial charge in [-0.25, -0.2) is 0 Å². The summed E-state index contributed by atoms with van der Waals surface area (Å²) in [6.07, 6.45) is 6.91. The second kappa shape index (κ2) is 6.34. The Morgan fingerprint density at radius 3 is 2.75 bits per heavy atom. The van der Waals surface area contributed by atoms with Gasteiger partial charge in [0.2, 0.25) is 5.52 Å². The van der Waals surface area contributed by atoms with E-state index in [0.717, 1.165) is 6.54 Å². The molecule has 4 rings (SSSR count). The average molecular weight is 333 g/mol. The Bertz CT molecular complexity index is 949. The number of fused-ring (bicyclic) bond motifs is 2. The summed E-state index contributed by atoms with van der Waals surface area (Å²) in [5, 5.41) is 4.57. The van der Waals surface area contributed by atoms with Crippen LogP contribution in [0.25, 0.3) is 21.9 Å². The number of hydrogen-bond donors (Lipinski definition) is 1. The molecule has 24 heavy (non-hydrogen) atoms. The van der Waals surface area contributed by atoms with Crippen molar-refractivity contribution in [2.45, 2.75) is 5.92 Å². The number of aromatic nitrogens is 1.